The standard InChI is InChI=1S/C17H30N4S.HI/c1-14(2)16(21-10-4-5-11-21)13-20-17(18-3)19-9-8-15-7-6-12-22-15;/h6-7,12,14,16H,4-5,8-11,13H2,1-3H3,(H2,18,19,20);1H. The van der Waals surface area contributed by atoms with Crippen LogP contribution in [0.3, 0.4) is 0 Å². The number of aliphatic imine (C=N–C) groups is 1. The number of likely N-dealkylation sites (tertiary alicyclic amines) is 1. The van der Waals surface area contributed by atoms with E-state index in [-0.39, 0.29) is 24.0 Å². The minimum absolute atomic E-state index is 0. The van der Waals surface area contributed by atoms with Crippen molar-refractivity contribution < 1.29 is 0 Å². The summed E-state index contributed by atoms with van der Waals surface area (Å²) in [6, 6.07) is 4.89. The lowest BCUT2D eigenvalue weighted by molar-refractivity contribution is 0.192. The van der Waals surface area contributed by atoms with Crippen LogP contribution in [-0.2, 0) is 6.42 Å². The zero-order chi connectivity index (χ0) is 15.8. The molecule has 1 aromatic heterocycles. The van der Waals surface area contributed by atoms with Crippen LogP contribution in [0.2, 0.25) is 0 Å². The van der Waals surface area contributed by atoms with Crippen LogP contribution in [0.1, 0.15) is 31.6 Å². The van der Waals surface area contributed by atoms with Crippen LogP contribution >= 0.6 is 35.3 Å². The minimum Gasteiger partial charge on any atom is -0.356 e. The molecule has 4 nitrogen and oxygen atoms in total. The largest absolute Gasteiger partial charge is 0.356 e. The highest BCUT2D eigenvalue weighted by Gasteiger charge is 2.24. The van der Waals surface area contributed by atoms with E-state index in [1.807, 2.05) is 18.4 Å². The summed E-state index contributed by atoms with van der Waals surface area (Å²) in [7, 11) is 1.85. The quantitative estimate of drug-likeness (QED) is 0.381. The molecule has 0 spiro atoms. The van der Waals surface area contributed by atoms with E-state index >= 15 is 0 Å². The van der Waals surface area contributed by atoms with Gasteiger partial charge in [-0.1, -0.05) is 19.9 Å². The van der Waals surface area contributed by atoms with Gasteiger partial charge < -0.3 is 10.6 Å². The van der Waals surface area contributed by atoms with E-state index in [4.69, 9.17) is 0 Å². The molecule has 1 aliphatic rings. The lowest BCUT2D eigenvalue weighted by Crippen LogP contribution is -2.48. The Hall–Kier alpha value is -0.340. The molecular formula is C17H31IN4S. The molecule has 0 aliphatic carbocycles. The van der Waals surface area contributed by atoms with Crippen molar-refractivity contribution in [2.24, 2.45) is 10.9 Å². The third kappa shape index (κ3) is 6.97. The van der Waals surface area contributed by atoms with E-state index in [1.165, 1.54) is 30.8 Å². The molecule has 6 heteroatoms. The molecule has 2 heterocycles. The second-order valence-corrected chi connectivity index (χ2v) is 7.30. The third-order valence-corrected chi connectivity index (χ3v) is 5.26. The first kappa shape index (κ1) is 20.7. The number of nitrogens with one attached hydrogen (secondary N) is 2. The maximum absolute atomic E-state index is 4.34. The molecule has 23 heavy (non-hydrogen) atoms. The number of hydrogen-bond acceptors (Lipinski definition) is 3. The zero-order valence-electron chi connectivity index (χ0n) is 14.5. The molecule has 1 fully saturated rings. The van der Waals surface area contributed by atoms with Crippen LogP contribution in [0, 0.1) is 5.92 Å². The lowest BCUT2D eigenvalue weighted by Gasteiger charge is -2.31. The predicted molar refractivity (Wildman–Crippen MR) is 112 cm³/mol. The van der Waals surface area contributed by atoms with Crippen LogP contribution in [0.5, 0.6) is 0 Å². The molecule has 1 saturated heterocycles. The molecule has 0 saturated carbocycles. The summed E-state index contributed by atoms with van der Waals surface area (Å²) >= 11 is 1.81. The van der Waals surface area contributed by atoms with Crippen molar-refractivity contribution in [3.05, 3.63) is 22.4 Å². The lowest BCUT2D eigenvalue weighted by atomic mass is 10.0. The van der Waals surface area contributed by atoms with Gasteiger partial charge in [0, 0.05) is 31.1 Å². The topological polar surface area (TPSA) is 39.7 Å². The maximum atomic E-state index is 4.34. The second kappa shape index (κ2) is 11.3. The monoisotopic (exact) mass is 450 g/mol. The molecule has 1 atom stereocenters. The highest BCUT2D eigenvalue weighted by atomic mass is 127. The van der Waals surface area contributed by atoms with Gasteiger partial charge in [-0.25, -0.2) is 0 Å². The Morgan fingerprint density at radius 3 is 2.61 bits per heavy atom. The fourth-order valence-corrected chi connectivity index (χ4v) is 3.75. The van der Waals surface area contributed by atoms with Crippen LogP contribution in [-0.4, -0.2) is 50.1 Å². The van der Waals surface area contributed by atoms with Crippen molar-refractivity contribution in [3.8, 4) is 0 Å². The summed E-state index contributed by atoms with van der Waals surface area (Å²) in [5.74, 6) is 1.58. The molecular weight excluding hydrogens is 419 g/mol. The zero-order valence-corrected chi connectivity index (χ0v) is 17.7. The number of nitrogens with zero attached hydrogens (tertiary/aromatic N) is 2. The van der Waals surface area contributed by atoms with Crippen molar-refractivity contribution >= 4 is 41.3 Å². The van der Waals surface area contributed by atoms with Crippen molar-refractivity contribution in [1.82, 2.24) is 15.5 Å². The molecule has 132 valence electrons. The molecule has 0 bridgehead atoms. The van der Waals surface area contributed by atoms with E-state index < -0.39 is 0 Å². The van der Waals surface area contributed by atoms with Crippen molar-refractivity contribution in [1.29, 1.82) is 0 Å². The van der Waals surface area contributed by atoms with E-state index in [2.05, 4.69) is 51.9 Å². The molecule has 0 aromatic carbocycles. The van der Waals surface area contributed by atoms with Gasteiger partial charge in [0.15, 0.2) is 5.96 Å². The molecule has 1 aliphatic heterocycles. The summed E-state index contributed by atoms with van der Waals surface area (Å²) < 4.78 is 0. The SMILES string of the molecule is CN=C(NCCc1cccs1)NCC(C(C)C)N1CCCC1.I. The van der Waals surface area contributed by atoms with Crippen molar-refractivity contribution in [3.63, 3.8) is 0 Å². The van der Waals surface area contributed by atoms with Gasteiger partial charge >= 0.3 is 0 Å². The average molecular weight is 450 g/mol. The van der Waals surface area contributed by atoms with Gasteiger partial charge in [-0.05, 0) is 49.7 Å². The van der Waals surface area contributed by atoms with Crippen LogP contribution < -0.4 is 10.6 Å². The first-order valence-electron chi connectivity index (χ1n) is 8.41. The molecule has 1 aromatic rings. The van der Waals surface area contributed by atoms with E-state index in [0.29, 0.717) is 12.0 Å². The maximum Gasteiger partial charge on any atom is 0.191 e. The van der Waals surface area contributed by atoms with E-state index in [0.717, 1.165) is 25.5 Å². The van der Waals surface area contributed by atoms with Gasteiger partial charge in [0.1, 0.15) is 0 Å². The van der Waals surface area contributed by atoms with Crippen molar-refractivity contribution in [2.75, 3.05) is 33.2 Å². The van der Waals surface area contributed by atoms with Gasteiger partial charge in [-0.3, -0.25) is 9.89 Å². The van der Waals surface area contributed by atoms with E-state index in [9.17, 15) is 0 Å². The van der Waals surface area contributed by atoms with Crippen LogP contribution in [0.25, 0.3) is 0 Å². The van der Waals surface area contributed by atoms with Gasteiger partial charge in [-0.2, -0.15) is 0 Å². The first-order chi connectivity index (χ1) is 10.7. The third-order valence-electron chi connectivity index (χ3n) is 4.33. The number of rotatable bonds is 7. The highest BCUT2D eigenvalue weighted by molar-refractivity contribution is 14.0. The second-order valence-electron chi connectivity index (χ2n) is 6.26. The predicted octanol–water partition coefficient (Wildman–Crippen LogP) is 3.19. The minimum atomic E-state index is 0. The molecule has 2 rings (SSSR count). The smallest absolute Gasteiger partial charge is 0.191 e. The normalized spacial score (nSPS) is 17.1. The van der Waals surface area contributed by atoms with Gasteiger partial charge in [0.25, 0.3) is 0 Å². The molecule has 1 unspecified atom stereocenters. The molecule has 0 amide bonds. The summed E-state index contributed by atoms with van der Waals surface area (Å²) in [4.78, 5) is 8.38. The molecule has 2 N–H and O–H groups in total. The molecule has 0 radical (unpaired) electrons. The Bertz CT molecular complexity index is 441. The Labute approximate surface area is 162 Å². The van der Waals surface area contributed by atoms with Gasteiger partial charge in [0.2, 0.25) is 0 Å². The van der Waals surface area contributed by atoms with Crippen molar-refractivity contribution in [2.45, 2.75) is 39.2 Å². The Morgan fingerprint density at radius 1 is 1.30 bits per heavy atom. The Morgan fingerprint density at radius 2 is 2.04 bits per heavy atom. The highest BCUT2D eigenvalue weighted by Crippen LogP contribution is 2.17. The summed E-state index contributed by atoms with van der Waals surface area (Å²) in [5.41, 5.74) is 0. The Kier molecular flexibility index (Phi) is 10.1. The fraction of sp³-hybridized carbons (Fsp3) is 0.706. The summed E-state index contributed by atoms with van der Waals surface area (Å²) in [6.07, 6.45) is 3.74. The number of guanidine groups is 1. The summed E-state index contributed by atoms with van der Waals surface area (Å²) in [6.45, 7) is 9.02. The van der Waals surface area contributed by atoms with E-state index in [1.54, 1.807) is 0 Å². The average Bonchev–Trinajstić information content (AvgIpc) is 3.18. The number of thiophene rings is 1. The van der Waals surface area contributed by atoms with Crippen LogP contribution in [0.4, 0.5) is 0 Å². The van der Waals surface area contributed by atoms with Gasteiger partial charge in [0.05, 0.1) is 0 Å². The first-order valence-corrected chi connectivity index (χ1v) is 9.29. The number of hydrogen-bond donors (Lipinski definition) is 2. The number of halogens is 1. The Balaban J connectivity index is 0.00000264. The summed E-state index contributed by atoms with van der Waals surface area (Å²) in [5, 5.41) is 9.06. The van der Waals surface area contributed by atoms with Gasteiger partial charge in [-0.15, -0.1) is 35.3 Å². The fourth-order valence-electron chi connectivity index (χ4n) is 3.04. The van der Waals surface area contributed by atoms with Crippen LogP contribution in [0.15, 0.2) is 22.5 Å².